The Hall–Kier alpha value is -2.46. The second-order valence-electron chi connectivity index (χ2n) is 11.2. The maximum absolute atomic E-state index is 12.2. The monoisotopic (exact) mass is 474 g/mol. The Morgan fingerprint density at radius 1 is 1.20 bits per heavy atom. The number of hydrogen-bond donors (Lipinski definition) is 1. The minimum Gasteiger partial charge on any atom is -0.463 e. The molecule has 0 aliphatic heterocycles. The zero-order valence-corrected chi connectivity index (χ0v) is 21.3. The van der Waals surface area contributed by atoms with Crippen LogP contribution < -0.4 is 0 Å². The fourth-order valence-electron chi connectivity index (χ4n) is 7.87. The average Bonchev–Trinajstić information content (AvgIpc) is 3.13. The van der Waals surface area contributed by atoms with Crippen molar-refractivity contribution < 1.29 is 19.4 Å². The summed E-state index contributed by atoms with van der Waals surface area (Å²) in [7, 11) is 0. The third-order valence-corrected chi connectivity index (χ3v) is 9.65. The summed E-state index contributed by atoms with van der Waals surface area (Å²) in [6.45, 7) is 6.64. The fourth-order valence-corrected chi connectivity index (χ4v) is 7.87. The zero-order chi connectivity index (χ0) is 24.8. The van der Waals surface area contributed by atoms with E-state index < -0.39 is 5.60 Å². The lowest BCUT2D eigenvalue weighted by Crippen LogP contribution is -2.51. The van der Waals surface area contributed by atoms with Crippen LogP contribution >= 0.6 is 0 Å². The topological polar surface area (TPSA) is 63.6 Å². The van der Waals surface area contributed by atoms with Crippen molar-refractivity contribution in [3.8, 4) is 0 Å². The first-order valence-electron chi connectivity index (χ1n) is 13.4. The lowest BCUT2D eigenvalue weighted by molar-refractivity contribution is -0.137. The molecule has 0 bridgehead atoms. The highest BCUT2D eigenvalue weighted by Crippen LogP contribution is 2.67. The van der Waals surface area contributed by atoms with Crippen LogP contribution in [0.3, 0.4) is 0 Å². The number of allylic oxidation sites excluding steroid dienone is 4. The van der Waals surface area contributed by atoms with E-state index in [9.17, 15) is 14.7 Å². The molecule has 5 rings (SSSR count). The van der Waals surface area contributed by atoms with Gasteiger partial charge in [-0.05, 0) is 98.1 Å². The second kappa shape index (κ2) is 9.20. The molecule has 1 N–H and O–H groups in total. The van der Waals surface area contributed by atoms with Crippen LogP contribution in [-0.2, 0) is 14.3 Å². The van der Waals surface area contributed by atoms with Crippen LogP contribution in [0.2, 0.25) is 0 Å². The standard InChI is InChI=1S/C31H38O4/c1-4-31(34)16-15-27-25-12-10-22-18-23(32)11-13-24(22)29(25)26(19-30(27,31)3)21-8-6-7-20(17-21)9-14-28(33)35-5-2/h6-9,14,17-18,25-27,34H,4-5,10-13,15-16,19H2,1-3H3/b14-9+. The third kappa shape index (κ3) is 4.04. The van der Waals surface area contributed by atoms with Gasteiger partial charge in [0.15, 0.2) is 5.78 Å². The second-order valence-corrected chi connectivity index (χ2v) is 11.2. The van der Waals surface area contributed by atoms with Crippen LogP contribution in [0.25, 0.3) is 6.08 Å². The smallest absolute Gasteiger partial charge is 0.330 e. The third-order valence-electron chi connectivity index (χ3n) is 9.65. The number of carbonyl (C=O) groups is 2. The molecule has 5 atom stereocenters. The maximum Gasteiger partial charge on any atom is 0.330 e. The minimum absolute atomic E-state index is 0.135. The first-order valence-corrected chi connectivity index (χ1v) is 13.4. The van der Waals surface area contributed by atoms with E-state index in [0.717, 1.165) is 50.5 Å². The van der Waals surface area contributed by atoms with Gasteiger partial charge in [0.25, 0.3) is 0 Å². The van der Waals surface area contributed by atoms with Gasteiger partial charge in [0, 0.05) is 23.8 Å². The molecule has 4 nitrogen and oxygen atoms in total. The molecule has 0 saturated heterocycles. The molecule has 0 spiro atoms. The maximum atomic E-state index is 12.2. The molecule has 35 heavy (non-hydrogen) atoms. The van der Waals surface area contributed by atoms with Crippen LogP contribution in [0.5, 0.6) is 0 Å². The predicted octanol–water partition coefficient (Wildman–Crippen LogP) is 6.30. The highest BCUT2D eigenvalue weighted by Gasteiger charge is 2.62. The summed E-state index contributed by atoms with van der Waals surface area (Å²) in [5, 5.41) is 11.8. The zero-order valence-electron chi connectivity index (χ0n) is 21.3. The van der Waals surface area contributed by atoms with Gasteiger partial charge in [-0.1, -0.05) is 43.7 Å². The number of hydrogen-bond acceptors (Lipinski definition) is 4. The van der Waals surface area contributed by atoms with Gasteiger partial charge in [-0.25, -0.2) is 4.79 Å². The lowest BCUT2D eigenvalue weighted by Gasteiger charge is -2.55. The molecule has 0 aromatic heterocycles. The van der Waals surface area contributed by atoms with Crippen LogP contribution in [0.15, 0.2) is 53.1 Å². The van der Waals surface area contributed by atoms with Gasteiger partial charge in [0.1, 0.15) is 0 Å². The number of ether oxygens (including phenoxy) is 1. The van der Waals surface area contributed by atoms with E-state index in [0.29, 0.717) is 24.9 Å². The van der Waals surface area contributed by atoms with Crippen molar-refractivity contribution >= 4 is 17.8 Å². The largest absolute Gasteiger partial charge is 0.463 e. The Labute approximate surface area is 209 Å². The Bertz CT molecular complexity index is 1120. The minimum atomic E-state index is -0.633. The molecular formula is C31H38O4. The number of ketones is 1. The van der Waals surface area contributed by atoms with Crippen LogP contribution in [0, 0.1) is 17.3 Å². The van der Waals surface area contributed by atoms with Gasteiger partial charge < -0.3 is 9.84 Å². The van der Waals surface area contributed by atoms with Gasteiger partial charge >= 0.3 is 5.97 Å². The normalized spacial score (nSPS) is 34.3. The molecule has 2 saturated carbocycles. The lowest BCUT2D eigenvalue weighted by atomic mass is 9.51. The van der Waals surface area contributed by atoms with E-state index in [2.05, 4.69) is 32.0 Å². The fraction of sp³-hybridized carbons (Fsp3) is 0.548. The molecule has 4 aliphatic carbocycles. The van der Waals surface area contributed by atoms with E-state index in [1.54, 1.807) is 6.92 Å². The van der Waals surface area contributed by atoms with Crippen molar-refractivity contribution in [1.82, 2.24) is 0 Å². The first kappa shape index (κ1) is 24.2. The van der Waals surface area contributed by atoms with Crippen molar-refractivity contribution in [3.05, 3.63) is 64.3 Å². The SMILES string of the molecule is CCOC(=O)/C=C/c1cccc(C2CC3(C)C(CCC3(O)CC)C3CCC4=CC(=O)CCC4=C23)c1. The molecule has 4 aliphatic rings. The summed E-state index contributed by atoms with van der Waals surface area (Å²) in [5.41, 5.74) is 5.66. The van der Waals surface area contributed by atoms with Gasteiger partial charge in [0.2, 0.25) is 0 Å². The number of benzene rings is 1. The Morgan fingerprint density at radius 3 is 2.80 bits per heavy atom. The molecule has 0 heterocycles. The van der Waals surface area contributed by atoms with Crippen LogP contribution in [0.4, 0.5) is 0 Å². The van der Waals surface area contributed by atoms with E-state index in [4.69, 9.17) is 4.74 Å². The van der Waals surface area contributed by atoms with Crippen molar-refractivity contribution in [1.29, 1.82) is 0 Å². The van der Waals surface area contributed by atoms with Gasteiger partial charge in [-0.2, -0.15) is 0 Å². The molecule has 2 fully saturated rings. The summed E-state index contributed by atoms with van der Waals surface area (Å²) in [6, 6.07) is 8.48. The van der Waals surface area contributed by atoms with Crippen LogP contribution in [0.1, 0.15) is 89.2 Å². The number of carbonyl (C=O) groups excluding carboxylic acids is 2. The summed E-state index contributed by atoms with van der Waals surface area (Å²) in [6.07, 6.45) is 12.4. The van der Waals surface area contributed by atoms with Gasteiger partial charge in [-0.3, -0.25) is 4.79 Å². The number of esters is 1. The molecule has 0 radical (unpaired) electrons. The molecule has 5 unspecified atom stereocenters. The predicted molar refractivity (Wildman–Crippen MR) is 138 cm³/mol. The summed E-state index contributed by atoms with van der Waals surface area (Å²) in [5.74, 6) is 1.08. The molecule has 1 aromatic carbocycles. The van der Waals surface area contributed by atoms with Gasteiger partial charge in [-0.15, -0.1) is 0 Å². The number of fused-ring (bicyclic) bond motifs is 4. The van der Waals surface area contributed by atoms with Crippen molar-refractivity contribution in [2.45, 2.75) is 83.7 Å². The Morgan fingerprint density at radius 2 is 2.03 bits per heavy atom. The first-order chi connectivity index (χ1) is 16.8. The van der Waals surface area contributed by atoms with Gasteiger partial charge in [0.05, 0.1) is 12.2 Å². The summed E-state index contributed by atoms with van der Waals surface area (Å²) >= 11 is 0. The van der Waals surface area contributed by atoms with E-state index in [1.807, 2.05) is 18.2 Å². The summed E-state index contributed by atoms with van der Waals surface area (Å²) < 4.78 is 5.05. The number of rotatable bonds is 5. The van der Waals surface area contributed by atoms with Crippen LogP contribution in [-0.4, -0.2) is 29.1 Å². The molecule has 0 amide bonds. The summed E-state index contributed by atoms with van der Waals surface area (Å²) in [4.78, 5) is 24.1. The number of aliphatic hydroxyl groups is 1. The van der Waals surface area contributed by atoms with E-state index in [1.165, 1.54) is 28.4 Å². The average molecular weight is 475 g/mol. The van der Waals surface area contributed by atoms with Crippen molar-refractivity contribution in [3.63, 3.8) is 0 Å². The molecular weight excluding hydrogens is 436 g/mol. The molecule has 4 heteroatoms. The quantitative estimate of drug-likeness (QED) is 0.402. The van der Waals surface area contributed by atoms with E-state index >= 15 is 0 Å². The highest BCUT2D eigenvalue weighted by atomic mass is 16.5. The Balaban J connectivity index is 1.61. The molecule has 1 aromatic rings. The van der Waals surface area contributed by atoms with Crippen molar-refractivity contribution in [2.75, 3.05) is 6.61 Å². The Kier molecular flexibility index (Phi) is 6.37. The van der Waals surface area contributed by atoms with E-state index in [-0.39, 0.29) is 23.1 Å². The molecule has 186 valence electrons. The highest BCUT2D eigenvalue weighted by molar-refractivity contribution is 5.93. The van der Waals surface area contributed by atoms with Crippen molar-refractivity contribution in [2.24, 2.45) is 17.3 Å².